The number of nitrogens with one attached hydrogen (secondary N) is 1. The van der Waals surface area contributed by atoms with E-state index < -0.39 is 5.97 Å². The van der Waals surface area contributed by atoms with Gasteiger partial charge in [-0.05, 0) is 17.7 Å². The number of aromatic carboxylic acids is 1. The largest absolute Gasteiger partial charge is 0.477 e. The third-order valence-electron chi connectivity index (χ3n) is 1.69. The standard InChI is InChI=1S/C9H11ClN2O3/c10-8-4-6(5-11-1-2-13)3-7(12-8)9(14)15/h3-4,11,13H,1-2,5H2,(H,14,15). The van der Waals surface area contributed by atoms with Gasteiger partial charge >= 0.3 is 5.97 Å². The van der Waals surface area contributed by atoms with Crippen LogP contribution in [0.5, 0.6) is 0 Å². The van der Waals surface area contributed by atoms with Crippen molar-refractivity contribution in [1.82, 2.24) is 10.3 Å². The number of aliphatic hydroxyl groups is 1. The van der Waals surface area contributed by atoms with Gasteiger partial charge in [0, 0.05) is 13.1 Å². The number of carbonyl (C=O) groups is 1. The van der Waals surface area contributed by atoms with Gasteiger partial charge in [-0.15, -0.1) is 0 Å². The third kappa shape index (κ3) is 3.83. The van der Waals surface area contributed by atoms with E-state index in [1.165, 1.54) is 6.07 Å². The van der Waals surface area contributed by atoms with E-state index in [0.717, 1.165) is 5.56 Å². The van der Waals surface area contributed by atoms with Crippen LogP contribution in [0.4, 0.5) is 0 Å². The van der Waals surface area contributed by atoms with Crippen molar-refractivity contribution in [2.24, 2.45) is 0 Å². The van der Waals surface area contributed by atoms with Crippen molar-refractivity contribution in [3.63, 3.8) is 0 Å². The van der Waals surface area contributed by atoms with Crippen LogP contribution in [0.2, 0.25) is 5.15 Å². The molecule has 1 aromatic heterocycles. The fraction of sp³-hybridized carbons (Fsp3) is 0.333. The molecule has 0 saturated carbocycles. The fourth-order valence-electron chi connectivity index (χ4n) is 1.07. The molecular formula is C9H11ClN2O3. The van der Waals surface area contributed by atoms with Gasteiger partial charge in [0.25, 0.3) is 0 Å². The Kier molecular flexibility index (Phi) is 4.48. The minimum Gasteiger partial charge on any atom is -0.477 e. The van der Waals surface area contributed by atoms with Crippen LogP contribution in [0, 0.1) is 0 Å². The number of nitrogens with zero attached hydrogens (tertiary/aromatic N) is 1. The second kappa shape index (κ2) is 5.65. The Morgan fingerprint density at radius 1 is 1.53 bits per heavy atom. The van der Waals surface area contributed by atoms with Gasteiger partial charge in [-0.2, -0.15) is 0 Å². The molecule has 0 saturated heterocycles. The molecule has 0 bridgehead atoms. The number of rotatable bonds is 5. The van der Waals surface area contributed by atoms with Crippen molar-refractivity contribution in [3.8, 4) is 0 Å². The van der Waals surface area contributed by atoms with Crippen molar-refractivity contribution in [3.05, 3.63) is 28.5 Å². The first kappa shape index (κ1) is 11.9. The summed E-state index contributed by atoms with van der Waals surface area (Å²) < 4.78 is 0. The number of halogens is 1. The van der Waals surface area contributed by atoms with Crippen molar-refractivity contribution in [1.29, 1.82) is 0 Å². The molecule has 0 atom stereocenters. The molecule has 0 spiro atoms. The summed E-state index contributed by atoms with van der Waals surface area (Å²) in [4.78, 5) is 14.3. The lowest BCUT2D eigenvalue weighted by atomic mass is 10.2. The van der Waals surface area contributed by atoms with Gasteiger partial charge in [0.2, 0.25) is 0 Å². The van der Waals surface area contributed by atoms with Crippen LogP contribution in [0.3, 0.4) is 0 Å². The van der Waals surface area contributed by atoms with E-state index in [1.54, 1.807) is 6.07 Å². The molecule has 0 aromatic carbocycles. The predicted molar refractivity (Wildman–Crippen MR) is 55.0 cm³/mol. The number of carboxylic acid groups (broad SMARTS) is 1. The smallest absolute Gasteiger partial charge is 0.354 e. The van der Waals surface area contributed by atoms with Gasteiger partial charge in [-0.3, -0.25) is 0 Å². The topological polar surface area (TPSA) is 82.5 Å². The molecule has 0 aliphatic heterocycles. The fourth-order valence-corrected chi connectivity index (χ4v) is 1.30. The van der Waals surface area contributed by atoms with Crippen LogP contribution in [0.25, 0.3) is 0 Å². The van der Waals surface area contributed by atoms with Gasteiger partial charge < -0.3 is 15.5 Å². The minimum absolute atomic E-state index is 0.0323. The lowest BCUT2D eigenvalue weighted by Crippen LogP contribution is -2.18. The first-order valence-corrected chi connectivity index (χ1v) is 4.72. The normalized spacial score (nSPS) is 10.3. The van der Waals surface area contributed by atoms with Crippen molar-refractivity contribution in [2.75, 3.05) is 13.2 Å². The second-order valence-electron chi connectivity index (χ2n) is 2.89. The Morgan fingerprint density at radius 3 is 2.87 bits per heavy atom. The van der Waals surface area contributed by atoms with Crippen LogP contribution < -0.4 is 5.32 Å². The van der Waals surface area contributed by atoms with Gasteiger partial charge in [0.15, 0.2) is 0 Å². The second-order valence-corrected chi connectivity index (χ2v) is 3.28. The van der Waals surface area contributed by atoms with E-state index >= 15 is 0 Å². The lowest BCUT2D eigenvalue weighted by molar-refractivity contribution is 0.0690. The summed E-state index contributed by atoms with van der Waals surface area (Å²) in [7, 11) is 0. The van der Waals surface area contributed by atoms with Crippen LogP contribution in [0.1, 0.15) is 16.1 Å². The summed E-state index contributed by atoms with van der Waals surface area (Å²) in [5, 5.41) is 20.3. The summed E-state index contributed by atoms with van der Waals surface area (Å²) in [6.07, 6.45) is 0. The Bertz CT molecular complexity index is 357. The van der Waals surface area contributed by atoms with Crippen LogP contribution >= 0.6 is 11.6 Å². The summed E-state index contributed by atoms with van der Waals surface area (Å²) in [6, 6.07) is 3.02. The Morgan fingerprint density at radius 2 is 2.27 bits per heavy atom. The molecule has 0 aliphatic rings. The zero-order chi connectivity index (χ0) is 11.3. The van der Waals surface area contributed by atoms with E-state index in [1.807, 2.05) is 0 Å². The monoisotopic (exact) mass is 230 g/mol. The van der Waals surface area contributed by atoms with Crippen molar-refractivity contribution < 1.29 is 15.0 Å². The third-order valence-corrected chi connectivity index (χ3v) is 1.88. The average molecular weight is 231 g/mol. The minimum atomic E-state index is -1.11. The summed E-state index contributed by atoms with van der Waals surface area (Å²) in [5.74, 6) is -1.11. The zero-order valence-corrected chi connectivity index (χ0v) is 8.66. The number of aliphatic hydroxyl groups excluding tert-OH is 1. The Balaban J connectivity index is 2.75. The molecular weight excluding hydrogens is 220 g/mol. The first-order chi connectivity index (χ1) is 7.13. The number of pyridine rings is 1. The SMILES string of the molecule is O=C(O)c1cc(CNCCO)cc(Cl)n1. The highest BCUT2D eigenvalue weighted by Gasteiger charge is 2.07. The molecule has 6 heteroatoms. The van der Waals surface area contributed by atoms with Gasteiger partial charge in [0.05, 0.1) is 6.61 Å². The molecule has 0 fully saturated rings. The maximum Gasteiger partial charge on any atom is 0.354 e. The van der Waals surface area contributed by atoms with E-state index in [4.69, 9.17) is 21.8 Å². The Hall–Kier alpha value is -1.17. The summed E-state index contributed by atoms with van der Waals surface area (Å²) in [6.45, 7) is 0.927. The molecule has 82 valence electrons. The zero-order valence-electron chi connectivity index (χ0n) is 7.90. The molecule has 5 nitrogen and oxygen atoms in total. The van der Waals surface area contributed by atoms with Gasteiger partial charge in [-0.25, -0.2) is 9.78 Å². The van der Waals surface area contributed by atoms with E-state index in [-0.39, 0.29) is 17.5 Å². The number of hydrogen-bond acceptors (Lipinski definition) is 4. The summed E-state index contributed by atoms with van der Waals surface area (Å²) >= 11 is 5.66. The highest BCUT2D eigenvalue weighted by atomic mass is 35.5. The molecule has 1 heterocycles. The Labute approximate surface area is 91.7 Å². The van der Waals surface area contributed by atoms with Gasteiger partial charge in [-0.1, -0.05) is 11.6 Å². The maximum atomic E-state index is 10.7. The quantitative estimate of drug-likeness (QED) is 0.507. The molecule has 0 amide bonds. The van der Waals surface area contributed by atoms with Crippen LogP contribution in [-0.4, -0.2) is 34.3 Å². The molecule has 0 unspecified atom stereocenters. The molecule has 0 radical (unpaired) electrons. The number of aromatic nitrogens is 1. The maximum absolute atomic E-state index is 10.7. The van der Waals surface area contributed by atoms with Crippen molar-refractivity contribution in [2.45, 2.75) is 6.54 Å². The van der Waals surface area contributed by atoms with Crippen LogP contribution in [-0.2, 0) is 6.54 Å². The van der Waals surface area contributed by atoms with E-state index in [9.17, 15) is 4.79 Å². The highest BCUT2D eigenvalue weighted by Crippen LogP contribution is 2.10. The molecule has 15 heavy (non-hydrogen) atoms. The van der Waals surface area contributed by atoms with Gasteiger partial charge in [0.1, 0.15) is 10.8 Å². The van der Waals surface area contributed by atoms with E-state index in [0.29, 0.717) is 13.1 Å². The molecule has 1 aromatic rings. The summed E-state index contributed by atoms with van der Waals surface area (Å²) in [5.41, 5.74) is 0.643. The number of carboxylic acids is 1. The molecule has 3 N–H and O–H groups in total. The average Bonchev–Trinajstić information content (AvgIpc) is 2.17. The molecule has 1 rings (SSSR count). The highest BCUT2D eigenvalue weighted by molar-refractivity contribution is 6.29. The lowest BCUT2D eigenvalue weighted by Gasteiger charge is -2.04. The molecule has 0 aliphatic carbocycles. The first-order valence-electron chi connectivity index (χ1n) is 4.35. The van der Waals surface area contributed by atoms with Crippen molar-refractivity contribution >= 4 is 17.6 Å². The number of hydrogen-bond donors (Lipinski definition) is 3. The van der Waals surface area contributed by atoms with Crippen LogP contribution in [0.15, 0.2) is 12.1 Å². The van der Waals surface area contributed by atoms with E-state index in [2.05, 4.69) is 10.3 Å². The predicted octanol–water partition coefficient (Wildman–Crippen LogP) is 0.515.